The van der Waals surface area contributed by atoms with Crippen LogP contribution in [0, 0.1) is 5.92 Å². The van der Waals surface area contributed by atoms with Crippen LogP contribution in [-0.4, -0.2) is 13.7 Å². The smallest absolute Gasteiger partial charge is 0.0467 e. The van der Waals surface area contributed by atoms with Crippen molar-refractivity contribution in [3.05, 3.63) is 35.4 Å². The molecule has 0 aromatic carbocycles. The zero-order valence-electron chi connectivity index (χ0n) is 8.35. The highest BCUT2D eigenvalue weighted by Gasteiger charge is 2.02. The van der Waals surface area contributed by atoms with Crippen molar-refractivity contribution in [2.75, 3.05) is 13.7 Å². The van der Waals surface area contributed by atoms with Gasteiger partial charge in [-0.25, -0.2) is 0 Å². The van der Waals surface area contributed by atoms with Crippen LogP contribution >= 0.6 is 15.9 Å². The Morgan fingerprint density at radius 2 is 2.08 bits per heavy atom. The quantitative estimate of drug-likeness (QED) is 0.648. The Morgan fingerprint density at radius 1 is 1.46 bits per heavy atom. The Bertz CT molecular complexity index is 206. The number of allylic oxidation sites excluding steroid dienone is 4. The number of halogens is 1. The van der Waals surface area contributed by atoms with Crippen molar-refractivity contribution >= 4 is 15.9 Å². The van der Waals surface area contributed by atoms with Gasteiger partial charge in [0.25, 0.3) is 0 Å². The minimum absolute atomic E-state index is 0.461. The van der Waals surface area contributed by atoms with Crippen molar-refractivity contribution in [2.45, 2.75) is 13.3 Å². The molecule has 0 aliphatic rings. The van der Waals surface area contributed by atoms with Crippen molar-refractivity contribution in [3.63, 3.8) is 0 Å². The van der Waals surface area contributed by atoms with Crippen molar-refractivity contribution in [1.29, 1.82) is 0 Å². The lowest BCUT2D eigenvalue weighted by Crippen LogP contribution is -2.00. The van der Waals surface area contributed by atoms with Crippen LogP contribution < -0.4 is 0 Å². The van der Waals surface area contributed by atoms with Crippen LogP contribution in [0.25, 0.3) is 0 Å². The maximum absolute atomic E-state index is 5.00. The first-order chi connectivity index (χ1) is 6.07. The third-order valence-corrected chi connectivity index (χ3v) is 2.13. The van der Waals surface area contributed by atoms with Gasteiger partial charge in [-0.1, -0.05) is 47.7 Å². The van der Waals surface area contributed by atoms with Crippen molar-refractivity contribution in [1.82, 2.24) is 0 Å². The average molecular weight is 245 g/mol. The highest BCUT2D eigenvalue weighted by atomic mass is 79.9. The summed E-state index contributed by atoms with van der Waals surface area (Å²) in [6.07, 6.45) is 4.90. The van der Waals surface area contributed by atoms with Gasteiger partial charge in [0.05, 0.1) is 0 Å². The molecule has 0 fully saturated rings. The van der Waals surface area contributed by atoms with Gasteiger partial charge in [0.2, 0.25) is 0 Å². The second-order valence-corrected chi connectivity index (χ2v) is 4.06. The van der Waals surface area contributed by atoms with Crippen molar-refractivity contribution in [3.8, 4) is 0 Å². The Morgan fingerprint density at radius 3 is 2.54 bits per heavy atom. The number of methoxy groups -OCH3 is 1. The zero-order chi connectivity index (χ0) is 10.3. The molecule has 0 saturated heterocycles. The van der Waals surface area contributed by atoms with Crippen LogP contribution in [-0.2, 0) is 4.74 Å². The topological polar surface area (TPSA) is 9.23 Å². The molecule has 0 aliphatic carbocycles. The summed E-state index contributed by atoms with van der Waals surface area (Å²) in [5, 5.41) is 0. The molecule has 13 heavy (non-hydrogen) atoms. The lowest BCUT2D eigenvalue weighted by molar-refractivity contribution is 0.185. The summed E-state index contributed by atoms with van der Waals surface area (Å²) >= 11 is 3.26. The Kier molecular flexibility index (Phi) is 6.92. The van der Waals surface area contributed by atoms with Gasteiger partial charge in [0.15, 0.2) is 0 Å². The van der Waals surface area contributed by atoms with Crippen LogP contribution in [0.15, 0.2) is 35.4 Å². The molecule has 0 heterocycles. The number of hydrogen-bond donors (Lipinski definition) is 0. The van der Waals surface area contributed by atoms with Gasteiger partial charge in [-0.15, -0.1) is 0 Å². The summed E-state index contributed by atoms with van der Waals surface area (Å²) in [6, 6.07) is 0. The molecule has 0 aromatic heterocycles. The van der Waals surface area contributed by atoms with E-state index in [1.807, 2.05) is 12.2 Å². The number of hydrogen-bond acceptors (Lipinski definition) is 1. The van der Waals surface area contributed by atoms with Crippen LogP contribution in [0.3, 0.4) is 0 Å². The van der Waals surface area contributed by atoms with Gasteiger partial charge in [-0.3, -0.25) is 0 Å². The van der Waals surface area contributed by atoms with Gasteiger partial charge in [-0.2, -0.15) is 0 Å². The molecule has 1 unspecified atom stereocenters. The molecule has 74 valence electrons. The van der Waals surface area contributed by atoms with E-state index < -0.39 is 0 Å². The fourth-order valence-corrected chi connectivity index (χ4v) is 0.974. The SMILES string of the molecule is C=C(Br)/C=C\C(=C)C(C)CCOC. The Balaban J connectivity index is 3.89. The molecule has 0 aliphatic heterocycles. The summed E-state index contributed by atoms with van der Waals surface area (Å²) in [5.74, 6) is 0.461. The highest BCUT2D eigenvalue weighted by molar-refractivity contribution is 9.11. The van der Waals surface area contributed by atoms with E-state index in [0.717, 1.165) is 23.1 Å². The van der Waals surface area contributed by atoms with Gasteiger partial charge < -0.3 is 4.74 Å². The van der Waals surface area contributed by atoms with E-state index in [0.29, 0.717) is 5.92 Å². The first-order valence-corrected chi connectivity index (χ1v) is 5.07. The van der Waals surface area contributed by atoms with E-state index in [1.165, 1.54) is 0 Å². The van der Waals surface area contributed by atoms with E-state index in [4.69, 9.17) is 4.74 Å². The predicted molar refractivity (Wildman–Crippen MR) is 62.0 cm³/mol. The first kappa shape index (κ1) is 12.7. The van der Waals surface area contributed by atoms with E-state index >= 15 is 0 Å². The fraction of sp³-hybridized carbons (Fsp3) is 0.455. The summed E-state index contributed by atoms with van der Waals surface area (Å²) in [5.41, 5.74) is 1.11. The lowest BCUT2D eigenvalue weighted by atomic mass is 9.99. The summed E-state index contributed by atoms with van der Waals surface area (Å²) in [7, 11) is 1.71. The van der Waals surface area contributed by atoms with Gasteiger partial charge in [0, 0.05) is 18.2 Å². The maximum Gasteiger partial charge on any atom is 0.0467 e. The molecule has 0 aromatic rings. The Labute approximate surface area is 89.3 Å². The molecule has 0 radical (unpaired) electrons. The molecular weight excluding hydrogens is 228 g/mol. The fourth-order valence-electron chi connectivity index (χ4n) is 0.842. The van der Waals surface area contributed by atoms with E-state index in [-0.39, 0.29) is 0 Å². The second-order valence-electron chi connectivity index (χ2n) is 3.04. The van der Waals surface area contributed by atoms with Gasteiger partial charge in [-0.05, 0) is 18.4 Å². The van der Waals surface area contributed by atoms with Crippen LogP contribution in [0.5, 0.6) is 0 Å². The second kappa shape index (κ2) is 7.10. The molecule has 1 atom stereocenters. The minimum atomic E-state index is 0.461. The first-order valence-electron chi connectivity index (χ1n) is 4.28. The minimum Gasteiger partial charge on any atom is -0.385 e. The molecule has 0 amide bonds. The van der Waals surface area contributed by atoms with E-state index in [2.05, 4.69) is 36.0 Å². The number of ether oxygens (including phenoxy) is 1. The summed E-state index contributed by atoms with van der Waals surface area (Å²) < 4.78 is 5.86. The van der Waals surface area contributed by atoms with Crippen molar-refractivity contribution < 1.29 is 4.74 Å². The molecule has 0 saturated carbocycles. The van der Waals surface area contributed by atoms with Gasteiger partial charge in [0.1, 0.15) is 0 Å². The Hall–Kier alpha value is -0.340. The standard InChI is InChI=1S/C11H17BrO/c1-9(5-6-11(3)12)10(2)7-8-13-4/h5-6,10H,1,3,7-8H2,2,4H3/b6-5-. The lowest BCUT2D eigenvalue weighted by Gasteiger charge is -2.10. The summed E-state index contributed by atoms with van der Waals surface area (Å²) in [6.45, 7) is 10.6. The third-order valence-electron chi connectivity index (χ3n) is 1.87. The van der Waals surface area contributed by atoms with E-state index in [1.54, 1.807) is 7.11 Å². The maximum atomic E-state index is 5.00. The molecule has 0 spiro atoms. The molecule has 0 N–H and O–H groups in total. The molecular formula is C11H17BrO. The van der Waals surface area contributed by atoms with Crippen molar-refractivity contribution in [2.24, 2.45) is 5.92 Å². The molecule has 0 bridgehead atoms. The van der Waals surface area contributed by atoms with E-state index in [9.17, 15) is 0 Å². The summed E-state index contributed by atoms with van der Waals surface area (Å²) in [4.78, 5) is 0. The normalized spacial score (nSPS) is 13.2. The molecule has 2 heteroatoms. The average Bonchev–Trinajstić information content (AvgIpc) is 2.10. The predicted octanol–water partition coefficient (Wildman–Crippen LogP) is 3.68. The van der Waals surface area contributed by atoms with Crippen LogP contribution in [0.2, 0.25) is 0 Å². The van der Waals surface area contributed by atoms with Crippen LogP contribution in [0.1, 0.15) is 13.3 Å². The van der Waals surface area contributed by atoms with Gasteiger partial charge >= 0.3 is 0 Å². The molecule has 0 rings (SSSR count). The molecule has 1 nitrogen and oxygen atoms in total. The number of rotatable bonds is 6. The zero-order valence-corrected chi connectivity index (χ0v) is 9.93. The largest absolute Gasteiger partial charge is 0.385 e. The third kappa shape index (κ3) is 6.79. The highest BCUT2D eigenvalue weighted by Crippen LogP contribution is 2.15. The van der Waals surface area contributed by atoms with Crippen LogP contribution in [0.4, 0.5) is 0 Å². The monoisotopic (exact) mass is 244 g/mol.